The first-order valence-corrected chi connectivity index (χ1v) is 9.81. The summed E-state index contributed by atoms with van der Waals surface area (Å²) >= 11 is 0. The van der Waals surface area contributed by atoms with Crippen molar-refractivity contribution in [1.82, 2.24) is 4.90 Å². The van der Waals surface area contributed by atoms with E-state index in [1.165, 1.54) is 5.56 Å². The minimum atomic E-state index is -0.00727. The van der Waals surface area contributed by atoms with Crippen molar-refractivity contribution in [1.29, 1.82) is 0 Å². The van der Waals surface area contributed by atoms with Gasteiger partial charge in [0.2, 0.25) is 5.75 Å². The third kappa shape index (κ3) is 4.75. The fourth-order valence-corrected chi connectivity index (χ4v) is 3.82. The highest BCUT2D eigenvalue weighted by Gasteiger charge is 2.26. The number of carbonyl (C=O) groups excluding carboxylic acids is 1. The highest BCUT2D eigenvalue weighted by molar-refractivity contribution is 5.95. The minimum Gasteiger partial charge on any atom is -0.497 e. The maximum atomic E-state index is 13.0. The molecule has 1 heterocycles. The molecule has 3 rings (SSSR count). The molecule has 6 heteroatoms. The maximum absolute atomic E-state index is 13.0. The monoisotopic (exact) mass is 399 g/mol. The van der Waals surface area contributed by atoms with E-state index in [2.05, 4.69) is 12.1 Å². The van der Waals surface area contributed by atoms with Crippen LogP contribution in [0.5, 0.6) is 23.0 Å². The molecule has 2 aromatic rings. The number of ether oxygens (including phenoxy) is 4. The molecule has 0 bridgehead atoms. The normalized spacial score (nSPS) is 14.4. The molecule has 1 amide bonds. The fraction of sp³-hybridized carbons (Fsp3) is 0.435. The molecule has 29 heavy (non-hydrogen) atoms. The average Bonchev–Trinajstić information content (AvgIpc) is 2.78. The molecular weight excluding hydrogens is 370 g/mol. The van der Waals surface area contributed by atoms with Crippen molar-refractivity contribution in [3.05, 3.63) is 47.5 Å². The van der Waals surface area contributed by atoms with E-state index in [4.69, 9.17) is 18.9 Å². The third-order valence-electron chi connectivity index (χ3n) is 5.50. The predicted octanol–water partition coefficient (Wildman–Crippen LogP) is 3.82. The van der Waals surface area contributed by atoms with Gasteiger partial charge in [0.25, 0.3) is 5.91 Å². The number of carbonyl (C=O) groups is 1. The first-order chi connectivity index (χ1) is 14.1. The first-order valence-electron chi connectivity index (χ1n) is 9.81. The van der Waals surface area contributed by atoms with E-state index in [1.54, 1.807) is 40.6 Å². The largest absolute Gasteiger partial charge is 0.497 e. The van der Waals surface area contributed by atoms with E-state index in [0.29, 0.717) is 28.7 Å². The van der Waals surface area contributed by atoms with Gasteiger partial charge in [0.05, 0.1) is 28.4 Å². The van der Waals surface area contributed by atoms with Gasteiger partial charge in [-0.2, -0.15) is 0 Å². The number of nitrogens with zero attached hydrogens (tertiary/aromatic N) is 1. The second-order valence-corrected chi connectivity index (χ2v) is 7.20. The molecule has 1 saturated heterocycles. The van der Waals surface area contributed by atoms with Gasteiger partial charge in [0, 0.05) is 18.7 Å². The van der Waals surface area contributed by atoms with Crippen molar-refractivity contribution >= 4 is 5.91 Å². The lowest BCUT2D eigenvalue weighted by molar-refractivity contribution is 0.0689. The number of likely N-dealkylation sites (tertiary alicyclic amines) is 1. The Balaban J connectivity index is 1.63. The fourth-order valence-electron chi connectivity index (χ4n) is 3.82. The number of methoxy groups -OCH3 is 4. The van der Waals surface area contributed by atoms with Crippen LogP contribution in [0, 0.1) is 5.92 Å². The number of benzene rings is 2. The van der Waals surface area contributed by atoms with E-state index in [1.807, 2.05) is 17.0 Å². The lowest BCUT2D eigenvalue weighted by Crippen LogP contribution is -2.38. The zero-order chi connectivity index (χ0) is 20.8. The van der Waals surface area contributed by atoms with Gasteiger partial charge in [-0.15, -0.1) is 0 Å². The van der Waals surface area contributed by atoms with Crippen molar-refractivity contribution in [2.45, 2.75) is 19.3 Å². The molecule has 2 aromatic carbocycles. The first kappa shape index (κ1) is 20.8. The summed E-state index contributed by atoms with van der Waals surface area (Å²) in [6.07, 6.45) is 3.00. The van der Waals surface area contributed by atoms with Gasteiger partial charge >= 0.3 is 0 Å². The van der Waals surface area contributed by atoms with Gasteiger partial charge in [-0.1, -0.05) is 12.1 Å². The molecule has 0 N–H and O–H groups in total. The van der Waals surface area contributed by atoms with Crippen LogP contribution in [-0.2, 0) is 6.42 Å². The molecule has 1 aliphatic rings. The van der Waals surface area contributed by atoms with Crippen LogP contribution < -0.4 is 18.9 Å². The third-order valence-corrected chi connectivity index (χ3v) is 5.50. The number of hydrogen-bond donors (Lipinski definition) is 0. The summed E-state index contributed by atoms with van der Waals surface area (Å²) in [5, 5.41) is 0. The zero-order valence-corrected chi connectivity index (χ0v) is 17.6. The Morgan fingerprint density at radius 1 is 0.897 bits per heavy atom. The van der Waals surface area contributed by atoms with E-state index in [9.17, 15) is 4.79 Å². The molecule has 0 aromatic heterocycles. The summed E-state index contributed by atoms with van der Waals surface area (Å²) in [7, 11) is 6.33. The lowest BCUT2D eigenvalue weighted by Gasteiger charge is -2.32. The number of amides is 1. The SMILES string of the molecule is COc1ccc(CC2CCN(C(=O)c3cc(OC)c(OC)c(OC)c3)CC2)cc1. The quantitative estimate of drug-likeness (QED) is 0.709. The second kappa shape index (κ2) is 9.54. The van der Waals surface area contributed by atoms with Gasteiger partial charge in [0.15, 0.2) is 11.5 Å². The smallest absolute Gasteiger partial charge is 0.254 e. The summed E-state index contributed by atoms with van der Waals surface area (Å²) in [5.74, 6) is 2.91. The molecule has 156 valence electrons. The molecular formula is C23H29NO5. The number of rotatable bonds is 7. The van der Waals surface area contributed by atoms with Gasteiger partial charge in [-0.25, -0.2) is 0 Å². The number of hydrogen-bond acceptors (Lipinski definition) is 5. The van der Waals surface area contributed by atoms with Crippen LogP contribution >= 0.6 is 0 Å². The van der Waals surface area contributed by atoms with E-state index < -0.39 is 0 Å². The van der Waals surface area contributed by atoms with Gasteiger partial charge in [-0.3, -0.25) is 4.79 Å². The molecule has 0 spiro atoms. The van der Waals surface area contributed by atoms with Crippen molar-refractivity contribution < 1.29 is 23.7 Å². The van der Waals surface area contributed by atoms with E-state index in [-0.39, 0.29) is 5.91 Å². The van der Waals surface area contributed by atoms with Crippen LogP contribution in [0.2, 0.25) is 0 Å². The topological polar surface area (TPSA) is 57.2 Å². The minimum absolute atomic E-state index is 0.00727. The summed E-state index contributed by atoms with van der Waals surface area (Å²) < 4.78 is 21.3. The predicted molar refractivity (Wildman–Crippen MR) is 111 cm³/mol. The summed E-state index contributed by atoms with van der Waals surface area (Å²) in [4.78, 5) is 14.9. The van der Waals surface area contributed by atoms with Gasteiger partial charge < -0.3 is 23.8 Å². The Morgan fingerprint density at radius 2 is 1.48 bits per heavy atom. The maximum Gasteiger partial charge on any atom is 0.254 e. The van der Waals surface area contributed by atoms with Crippen molar-refractivity contribution in [2.75, 3.05) is 41.5 Å². The van der Waals surface area contributed by atoms with Crippen molar-refractivity contribution in [3.63, 3.8) is 0 Å². The highest BCUT2D eigenvalue weighted by Crippen LogP contribution is 2.38. The molecule has 1 fully saturated rings. The molecule has 6 nitrogen and oxygen atoms in total. The lowest BCUT2D eigenvalue weighted by atomic mass is 9.90. The van der Waals surface area contributed by atoms with Crippen molar-refractivity contribution in [3.8, 4) is 23.0 Å². The summed E-state index contributed by atoms with van der Waals surface area (Å²) in [6.45, 7) is 1.49. The van der Waals surface area contributed by atoms with Crippen LogP contribution in [0.15, 0.2) is 36.4 Å². The van der Waals surface area contributed by atoms with Crippen LogP contribution in [-0.4, -0.2) is 52.3 Å². The Kier molecular flexibility index (Phi) is 6.86. The van der Waals surface area contributed by atoms with Crippen LogP contribution in [0.1, 0.15) is 28.8 Å². The summed E-state index contributed by atoms with van der Waals surface area (Å²) in [5.41, 5.74) is 1.85. The second-order valence-electron chi connectivity index (χ2n) is 7.20. The molecule has 0 unspecified atom stereocenters. The van der Waals surface area contributed by atoms with Crippen molar-refractivity contribution in [2.24, 2.45) is 5.92 Å². The Bertz CT molecular complexity index is 801. The Morgan fingerprint density at radius 3 is 1.97 bits per heavy atom. The molecule has 0 atom stereocenters. The van der Waals surface area contributed by atoms with Crippen LogP contribution in [0.3, 0.4) is 0 Å². The van der Waals surface area contributed by atoms with Gasteiger partial charge in [0.1, 0.15) is 5.75 Å². The Labute approximate surface area is 172 Å². The average molecular weight is 399 g/mol. The van der Waals surface area contributed by atoms with Crippen LogP contribution in [0.25, 0.3) is 0 Å². The number of piperidine rings is 1. The highest BCUT2D eigenvalue weighted by atomic mass is 16.5. The Hall–Kier alpha value is -2.89. The molecule has 0 saturated carbocycles. The van der Waals surface area contributed by atoms with Crippen LogP contribution in [0.4, 0.5) is 0 Å². The zero-order valence-electron chi connectivity index (χ0n) is 17.6. The standard InChI is InChI=1S/C23H29NO5/c1-26-19-7-5-16(6-8-19)13-17-9-11-24(12-10-17)23(25)18-14-20(27-2)22(29-4)21(15-18)28-3/h5-8,14-15,17H,9-13H2,1-4H3. The molecule has 0 aliphatic carbocycles. The molecule has 0 radical (unpaired) electrons. The van der Waals surface area contributed by atoms with E-state index >= 15 is 0 Å². The van der Waals surface area contributed by atoms with Gasteiger partial charge in [-0.05, 0) is 55.0 Å². The summed E-state index contributed by atoms with van der Waals surface area (Å²) in [6, 6.07) is 11.7. The van der Waals surface area contributed by atoms with E-state index in [0.717, 1.165) is 38.1 Å². The molecule has 1 aliphatic heterocycles.